The number of aromatic nitrogens is 1. The maximum Gasteiger partial charge on any atom is 0.337 e. The average molecular weight is 387 g/mol. The van der Waals surface area contributed by atoms with Gasteiger partial charge in [-0.1, -0.05) is 34.1 Å². The van der Waals surface area contributed by atoms with Gasteiger partial charge in [-0.2, -0.15) is 0 Å². The van der Waals surface area contributed by atoms with Crippen LogP contribution in [-0.2, 0) is 18.3 Å². The highest BCUT2D eigenvalue weighted by molar-refractivity contribution is 9.10. The minimum Gasteiger partial charge on any atom is -0.478 e. The molecule has 0 aliphatic heterocycles. The Balaban J connectivity index is 1.85. The van der Waals surface area contributed by atoms with E-state index >= 15 is 0 Å². The molecule has 0 spiro atoms. The minimum atomic E-state index is -1.09. The molecule has 3 rings (SSSR count). The number of anilines is 1. The van der Waals surface area contributed by atoms with Gasteiger partial charge in [-0.05, 0) is 29.8 Å². The zero-order chi connectivity index (χ0) is 17.3. The molecule has 3 aromatic rings. The van der Waals surface area contributed by atoms with Crippen LogP contribution in [0.25, 0.3) is 10.9 Å². The number of carbonyl (C=O) groups excluding carboxylic acids is 1. The zero-order valence-electron chi connectivity index (χ0n) is 12.9. The molecule has 0 fully saturated rings. The molecule has 0 aliphatic rings. The molecule has 1 heterocycles. The van der Waals surface area contributed by atoms with Gasteiger partial charge in [0.25, 0.3) is 0 Å². The van der Waals surface area contributed by atoms with Crippen molar-refractivity contribution in [3.63, 3.8) is 0 Å². The quantitative estimate of drug-likeness (QED) is 0.715. The largest absolute Gasteiger partial charge is 0.478 e. The monoisotopic (exact) mass is 386 g/mol. The molecule has 1 aromatic heterocycles. The Morgan fingerprint density at radius 2 is 1.96 bits per heavy atom. The number of hydrogen-bond donors (Lipinski definition) is 2. The van der Waals surface area contributed by atoms with Gasteiger partial charge in [0.1, 0.15) is 0 Å². The lowest BCUT2D eigenvalue weighted by molar-refractivity contribution is -0.115. The maximum absolute atomic E-state index is 12.4. The number of rotatable bonds is 4. The van der Waals surface area contributed by atoms with Crippen molar-refractivity contribution < 1.29 is 14.7 Å². The van der Waals surface area contributed by atoms with Gasteiger partial charge in [-0.3, -0.25) is 4.79 Å². The number of amides is 1. The van der Waals surface area contributed by atoms with E-state index in [1.165, 1.54) is 6.07 Å². The minimum absolute atomic E-state index is 0.0515. The van der Waals surface area contributed by atoms with E-state index in [9.17, 15) is 14.7 Å². The Bertz CT molecular complexity index is 947. The number of halogens is 1. The summed E-state index contributed by atoms with van der Waals surface area (Å²) in [5.74, 6) is -1.34. The van der Waals surface area contributed by atoms with Gasteiger partial charge in [0.15, 0.2) is 0 Å². The van der Waals surface area contributed by atoms with Crippen molar-refractivity contribution in [3.8, 4) is 0 Å². The number of aromatic carboxylic acids is 1. The van der Waals surface area contributed by atoms with Crippen LogP contribution < -0.4 is 5.32 Å². The Kier molecular flexibility index (Phi) is 4.40. The molecule has 24 heavy (non-hydrogen) atoms. The Morgan fingerprint density at radius 3 is 2.71 bits per heavy atom. The fourth-order valence-electron chi connectivity index (χ4n) is 2.74. The molecule has 5 nitrogen and oxygen atoms in total. The van der Waals surface area contributed by atoms with Gasteiger partial charge < -0.3 is 15.0 Å². The van der Waals surface area contributed by atoms with Crippen LogP contribution in [0.15, 0.2) is 53.1 Å². The van der Waals surface area contributed by atoms with Crippen LogP contribution in [-0.4, -0.2) is 21.6 Å². The molecule has 0 bridgehead atoms. The van der Waals surface area contributed by atoms with Crippen molar-refractivity contribution in [1.82, 2.24) is 4.57 Å². The number of para-hydroxylation sites is 1. The first-order chi connectivity index (χ1) is 11.5. The van der Waals surface area contributed by atoms with Crippen LogP contribution in [0.4, 0.5) is 5.69 Å². The van der Waals surface area contributed by atoms with E-state index in [1.807, 2.05) is 42.1 Å². The second-order valence-electron chi connectivity index (χ2n) is 5.50. The number of benzene rings is 2. The van der Waals surface area contributed by atoms with Crippen LogP contribution in [0.3, 0.4) is 0 Å². The third kappa shape index (κ3) is 3.19. The van der Waals surface area contributed by atoms with Gasteiger partial charge in [-0.15, -0.1) is 0 Å². The molecule has 1 amide bonds. The van der Waals surface area contributed by atoms with Crippen molar-refractivity contribution in [1.29, 1.82) is 0 Å². The fraction of sp³-hybridized carbons (Fsp3) is 0.111. The molecular weight excluding hydrogens is 372 g/mol. The first-order valence-corrected chi connectivity index (χ1v) is 8.10. The number of aryl methyl sites for hydroxylation is 1. The number of nitrogens with zero attached hydrogens (tertiary/aromatic N) is 1. The summed E-state index contributed by atoms with van der Waals surface area (Å²) in [5, 5.41) is 13.0. The van der Waals surface area contributed by atoms with E-state index in [0.717, 1.165) is 16.5 Å². The second kappa shape index (κ2) is 6.49. The molecule has 0 radical (unpaired) electrons. The Labute approximate surface area is 147 Å². The number of nitrogens with one attached hydrogen (secondary N) is 1. The molecule has 0 saturated carbocycles. The molecule has 0 atom stereocenters. The summed E-state index contributed by atoms with van der Waals surface area (Å²) in [6.07, 6.45) is 2.10. The highest BCUT2D eigenvalue weighted by Gasteiger charge is 2.15. The predicted octanol–water partition coefficient (Wildman–Crippen LogP) is 3.82. The lowest BCUT2D eigenvalue weighted by Gasteiger charge is -2.08. The van der Waals surface area contributed by atoms with E-state index < -0.39 is 5.97 Å². The normalized spacial score (nSPS) is 10.8. The molecular formula is C18H15BrN2O3. The van der Waals surface area contributed by atoms with Crippen LogP contribution in [0.5, 0.6) is 0 Å². The first-order valence-electron chi connectivity index (χ1n) is 7.31. The zero-order valence-corrected chi connectivity index (χ0v) is 14.5. The molecule has 6 heteroatoms. The lowest BCUT2D eigenvalue weighted by Crippen LogP contribution is -2.16. The molecule has 0 aliphatic carbocycles. The Hall–Kier alpha value is -2.60. The van der Waals surface area contributed by atoms with Gasteiger partial charge in [0.2, 0.25) is 5.91 Å². The van der Waals surface area contributed by atoms with Crippen molar-refractivity contribution in [2.24, 2.45) is 7.05 Å². The van der Waals surface area contributed by atoms with Crippen LogP contribution in [0.1, 0.15) is 15.9 Å². The first kappa shape index (κ1) is 16.3. The number of carboxylic acid groups (broad SMARTS) is 1. The molecule has 2 aromatic carbocycles. The van der Waals surface area contributed by atoms with Gasteiger partial charge in [0, 0.05) is 28.6 Å². The van der Waals surface area contributed by atoms with Gasteiger partial charge >= 0.3 is 5.97 Å². The number of hydrogen-bond acceptors (Lipinski definition) is 2. The predicted molar refractivity (Wildman–Crippen MR) is 96.4 cm³/mol. The highest BCUT2D eigenvalue weighted by atomic mass is 79.9. The summed E-state index contributed by atoms with van der Waals surface area (Å²) in [7, 11) is 1.93. The topological polar surface area (TPSA) is 71.3 Å². The average Bonchev–Trinajstić information content (AvgIpc) is 2.85. The second-order valence-corrected chi connectivity index (χ2v) is 6.42. The van der Waals surface area contributed by atoms with Crippen molar-refractivity contribution in [2.45, 2.75) is 6.42 Å². The van der Waals surface area contributed by atoms with Crippen LogP contribution >= 0.6 is 15.9 Å². The SMILES string of the molecule is Cn1cc(CC(=O)Nc2ccc(Br)cc2C(=O)O)c2ccccc21. The van der Waals surface area contributed by atoms with E-state index in [2.05, 4.69) is 21.2 Å². The van der Waals surface area contributed by atoms with Gasteiger partial charge in [0.05, 0.1) is 17.7 Å². The summed E-state index contributed by atoms with van der Waals surface area (Å²) < 4.78 is 2.62. The summed E-state index contributed by atoms with van der Waals surface area (Å²) in [6.45, 7) is 0. The van der Waals surface area contributed by atoms with Crippen molar-refractivity contribution >= 4 is 44.4 Å². The molecule has 122 valence electrons. The Morgan fingerprint density at radius 1 is 1.21 bits per heavy atom. The number of carbonyl (C=O) groups is 2. The standard InChI is InChI=1S/C18H15BrN2O3/c1-21-10-11(13-4-2-3-5-16(13)21)8-17(22)20-15-7-6-12(19)9-14(15)18(23)24/h2-7,9-10H,8H2,1H3,(H,20,22)(H,23,24). The van der Waals surface area contributed by atoms with Crippen LogP contribution in [0.2, 0.25) is 0 Å². The number of fused-ring (bicyclic) bond motifs is 1. The summed E-state index contributed by atoms with van der Waals surface area (Å²) in [6, 6.07) is 12.6. The molecule has 0 unspecified atom stereocenters. The van der Waals surface area contributed by atoms with E-state index in [0.29, 0.717) is 4.47 Å². The van der Waals surface area contributed by atoms with Crippen molar-refractivity contribution in [3.05, 3.63) is 64.3 Å². The smallest absolute Gasteiger partial charge is 0.337 e. The van der Waals surface area contributed by atoms with Crippen LogP contribution in [0, 0.1) is 0 Å². The van der Waals surface area contributed by atoms with E-state index in [-0.39, 0.29) is 23.6 Å². The fourth-order valence-corrected chi connectivity index (χ4v) is 3.10. The molecule has 2 N–H and O–H groups in total. The summed E-state index contributed by atoms with van der Waals surface area (Å²) >= 11 is 3.24. The summed E-state index contributed by atoms with van der Waals surface area (Å²) in [5.41, 5.74) is 2.29. The maximum atomic E-state index is 12.4. The van der Waals surface area contributed by atoms with Crippen molar-refractivity contribution in [2.75, 3.05) is 5.32 Å². The van der Waals surface area contributed by atoms with Gasteiger partial charge in [-0.25, -0.2) is 4.79 Å². The number of carboxylic acids is 1. The third-order valence-corrected chi connectivity index (χ3v) is 4.31. The lowest BCUT2D eigenvalue weighted by atomic mass is 10.1. The highest BCUT2D eigenvalue weighted by Crippen LogP contribution is 2.23. The van der Waals surface area contributed by atoms with E-state index in [1.54, 1.807) is 12.1 Å². The summed E-state index contributed by atoms with van der Waals surface area (Å²) in [4.78, 5) is 23.7. The third-order valence-electron chi connectivity index (χ3n) is 3.82. The molecule has 0 saturated heterocycles. The van der Waals surface area contributed by atoms with E-state index in [4.69, 9.17) is 0 Å².